The Bertz CT molecular complexity index is 356. The Labute approximate surface area is 103 Å². The molecule has 0 aromatic carbocycles. The third-order valence-corrected chi connectivity index (χ3v) is 3.42. The number of pyridine rings is 1. The Morgan fingerprint density at radius 3 is 3.18 bits per heavy atom. The quantitative estimate of drug-likeness (QED) is 0.866. The summed E-state index contributed by atoms with van der Waals surface area (Å²) in [4.78, 5) is 6.73. The maximum absolute atomic E-state index is 5.27. The first-order chi connectivity index (χ1) is 8.31. The maximum atomic E-state index is 5.27. The molecule has 4 nitrogen and oxygen atoms in total. The average molecular weight is 235 g/mol. The normalized spacial score (nSPS) is 21.2. The molecule has 1 aromatic heterocycles. The van der Waals surface area contributed by atoms with Gasteiger partial charge in [-0.05, 0) is 38.6 Å². The number of rotatable bonds is 4. The van der Waals surface area contributed by atoms with Crippen molar-refractivity contribution in [1.29, 1.82) is 0 Å². The molecule has 1 fully saturated rings. The van der Waals surface area contributed by atoms with E-state index >= 15 is 0 Å². The molecular weight excluding hydrogens is 214 g/mol. The molecule has 0 bridgehead atoms. The fraction of sp³-hybridized carbons (Fsp3) is 0.615. The molecule has 17 heavy (non-hydrogen) atoms. The number of hydrogen-bond donors (Lipinski definition) is 1. The van der Waals surface area contributed by atoms with Gasteiger partial charge >= 0.3 is 0 Å². The van der Waals surface area contributed by atoms with Crippen LogP contribution in [-0.2, 0) is 0 Å². The molecule has 1 atom stereocenters. The van der Waals surface area contributed by atoms with Gasteiger partial charge in [0.2, 0.25) is 0 Å². The third-order valence-electron chi connectivity index (χ3n) is 3.42. The predicted molar refractivity (Wildman–Crippen MR) is 69.5 cm³/mol. The van der Waals surface area contributed by atoms with E-state index in [0.717, 1.165) is 18.1 Å². The Balaban J connectivity index is 1.92. The number of nitrogens with zero attached hydrogens (tertiary/aromatic N) is 2. The van der Waals surface area contributed by atoms with Crippen LogP contribution in [-0.4, -0.2) is 43.2 Å². The Kier molecular flexibility index (Phi) is 4.20. The van der Waals surface area contributed by atoms with Gasteiger partial charge in [0.15, 0.2) is 11.6 Å². The second-order valence-corrected chi connectivity index (χ2v) is 4.57. The van der Waals surface area contributed by atoms with Gasteiger partial charge in [0, 0.05) is 18.8 Å². The molecule has 4 heteroatoms. The van der Waals surface area contributed by atoms with E-state index in [2.05, 4.69) is 22.2 Å². The van der Waals surface area contributed by atoms with Gasteiger partial charge in [-0.15, -0.1) is 0 Å². The molecule has 1 N–H and O–H groups in total. The number of anilines is 1. The monoisotopic (exact) mass is 235 g/mol. The first-order valence-electron chi connectivity index (χ1n) is 6.24. The lowest BCUT2D eigenvalue weighted by Gasteiger charge is -2.32. The lowest BCUT2D eigenvalue weighted by molar-refractivity contribution is 0.194. The Hall–Kier alpha value is -1.29. The van der Waals surface area contributed by atoms with Gasteiger partial charge in [0.1, 0.15) is 0 Å². The zero-order valence-electron chi connectivity index (χ0n) is 10.6. The molecule has 0 amide bonds. The zero-order valence-corrected chi connectivity index (χ0v) is 10.6. The van der Waals surface area contributed by atoms with Crippen LogP contribution in [0.1, 0.15) is 19.3 Å². The van der Waals surface area contributed by atoms with Crippen molar-refractivity contribution in [2.45, 2.75) is 25.3 Å². The van der Waals surface area contributed by atoms with Crippen LogP contribution in [0.5, 0.6) is 5.75 Å². The molecule has 0 radical (unpaired) electrons. The number of piperidine rings is 1. The van der Waals surface area contributed by atoms with Crippen molar-refractivity contribution in [3.8, 4) is 5.75 Å². The van der Waals surface area contributed by atoms with Crippen molar-refractivity contribution in [3.05, 3.63) is 18.3 Å². The van der Waals surface area contributed by atoms with Crippen LogP contribution in [0.15, 0.2) is 18.3 Å². The summed E-state index contributed by atoms with van der Waals surface area (Å²) in [6, 6.07) is 4.42. The fourth-order valence-electron chi connectivity index (χ4n) is 2.30. The zero-order chi connectivity index (χ0) is 12.1. The molecule has 1 saturated heterocycles. The van der Waals surface area contributed by atoms with Gasteiger partial charge in [0.05, 0.1) is 7.11 Å². The summed E-state index contributed by atoms with van der Waals surface area (Å²) < 4.78 is 5.27. The first-order valence-corrected chi connectivity index (χ1v) is 6.24. The minimum absolute atomic E-state index is 0.607. The van der Waals surface area contributed by atoms with E-state index in [0.29, 0.717) is 6.04 Å². The highest BCUT2D eigenvalue weighted by atomic mass is 16.5. The molecule has 2 heterocycles. The number of likely N-dealkylation sites (tertiary alicyclic amines) is 1. The molecule has 1 aliphatic heterocycles. The minimum Gasteiger partial charge on any atom is -0.493 e. The van der Waals surface area contributed by atoms with Gasteiger partial charge in [0.25, 0.3) is 0 Å². The minimum atomic E-state index is 0.607. The number of likely N-dealkylation sites (N-methyl/N-ethyl adjacent to an activating group) is 1. The van der Waals surface area contributed by atoms with Gasteiger partial charge in [-0.25, -0.2) is 4.98 Å². The third kappa shape index (κ3) is 3.09. The van der Waals surface area contributed by atoms with Crippen LogP contribution in [0.2, 0.25) is 0 Å². The average Bonchev–Trinajstić information content (AvgIpc) is 2.38. The summed E-state index contributed by atoms with van der Waals surface area (Å²) in [6.07, 6.45) is 5.70. The molecule has 94 valence electrons. The highest BCUT2D eigenvalue weighted by Gasteiger charge is 2.18. The fourth-order valence-corrected chi connectivity index (χ4v) is 2.30. The van der Waals surface area contributed by atoms with E-state index in [9.17, 15) is 0 Å². The van der Waals surface area contributed by atoms with Crippen molar-refractivity contribution in [1.82, 2.24) is 9.88 Å². The van der Waals surface area contributed by atoms with Crippen LogP contribution in [0, 0.1) is 0 Å². The molecule has 0 saturated carbocycles. The lowest BCUT2D eigenvalue weighted by Crippen LogP contribution is -2.40. The summed E-state index contributed by atoms with van der Waals surface area (Å²) in [5.74, 6) is 1.65. The van der Waals surface area contributed by atoms with Crippen LogP contribution in [0.3, 0.4) is 0 Å². The van der Waals surface area contributed by atoms with Gasteiger partial charge in [-0.3, -0.25) is 0 Å². The molecule has 1 aromatic rings. The van der Waals surface area contributed by atoms with Crippen LogP contribution in [0.4, 0.5) is 5.82 Å². The summed E-state index contributed by atoms with van der Waals surface area (Å²) in [7, 11) is 3.87. The Morgan fingerprint density at radius 1 is 1.53 bits per heavy atom. The maximum Gasteiger partial charge on any atom is 0.168 e. The smallest absolute Gasteiger partial charge is 0.168 e. The summed E-state index contributed by atoms with van der Waals surface area (Å²) in [5.41, 5.74) is 0. The Morgan fingerprint density at radius 2 is 2.41 bits per heavy atom. The van der Waals surface area contributed by atoms with E-state index in [4.69, 9.17) is 4.74 Å². The summed E-state index contributed by atoms with van der Waals surface area (Å²) >= 11 is 0. The van der Waals surface area contributed by atoms with Crippen LogP contribution in [0.25, 0.3) is 0 Å². The van der Waals surface area contributed by atoms with Crippen molar-refractivity contribution >= 4 is 5.82 Å². The van der Waals surface area contributed by atoms with Crippen molar-refractivity contribution in [3.63, 3.8) is 0 Å². The van der Waals surface area contributed by atoms with Crippen LogP contribution < -0.4 is 10.1 Å². The second-order valence-electron chi connectivity index (χ2n) is 4.57. The topological polar surface area (TPSA) is 37.4 Å². The number of nitrogens with one attached hydrogen (secondary N) is 1. The predicted octanol–water partition coefficient (Wildman–Crippen LogP) is 1.99. The van der Waals surface area contributed by atoms with Crippen molar-refractivity contribution < 1.29 is 4.74 Å². The number of hydrogen-bond acceptors (Lipinski definition) is 4. The van der Waals surface area contributed by atoms with Crippen molar-refractivity contribution in [2.24, 2.45) is 0 Å². The van der Waals surface area contributed by atoms with Gasteiger partial charge in [-0.1, -0.05) is 6.42 Å². The molecule has 0 spiro atoms. The summed E-state index contributed by atoms with van der Waals surface area (Å²) in [6.45, 7) is 2.13. The van der Waals surface area contributed by atoms with E-state index in [1.165, 1.54) is 25.8 Å². The largest absolute Gasteiger partial charge is 0.493 e. The van der Waals surface area contributed by atoms with Gasteiger partial charge in [-0.2, -0.15) is 0 Å². The second kappa shape index (κ2) is 5.87. The van der Waals surface area contributed by atoms with E-state index in [1.54, 1.807) is 13.3 Å². The molecule has 2 rings (SSSR count). The highest BCUT2D eigenvalue weighted by Crippen LogP contribution is 2.21. The lowest BCUT2D eigenvalue weighted by atomic mass is 10.0. The van der Waals surface area contributed by atoms with Gasteiger partial charge < -0.3 is 15.0 Å². The standard InChI is InChI=1S/C13H21N3O/c1-16-9-4-3-6-11(16)10-15-13-12(17-2)7-5-8-14-13/h5,7-8,11H,3-4,6,9-10H2,1-2H3,(H,14,15). The van der Waals surface area contributed by atoms with E-state index in [1.807, 2.05) is 12.1 Å². The number of aromatic nitrogens is 1. The molecule has 0 aliphatic carbocycles. The first kappa shape index (κ1) is 12.2. The van der Waals surface area contributed by atoms with E-state index < -0.39 is 0 Å². The molecular formula is C13H21N3O. The SMILES string of the molecule is COc1cccnc1NCC1CCCCN1C. The number of methoxy groups -OCH3 is 1. The molecule has 1 unspecified atom stereocenters. The van der Waals surface area contributed by atoms with E-state index in [-0.39, 0.29) is 0 Å². The molecule has 1 aliphatic rings. The van der Waals surface area contributed by atoms with Crippen molar-refractivity contribution in [2.75, 3.05) is 32.6 Å². The number of ether oxygens (including phenoxy) is 1. The van der Waals surface area contributed by atoms with Crippen LogP contribution >= 0.6 is 0 Å². The highest BCUT2D eigenvalue weighted by molar-refractivity contribution is 5.49. The summed E-state index contributed by atoms with van der Waals surface area (Å²) in [5, 5.41) is 3.39.